The quantitative estimate of drug-likeness (QED) is 0.289. The maximum absolute atomic E-state index is 15.0. The number of halogens is 3. The third kappa shape index (κ3) is 4.30. The molecule has 0 spiro atoms. The van der Waals surface area contributed by atoms with Crippen molar-refractivity contribution in [2.75, 3.05) is 12.0 Å². The van der Waals surface area contributed by atoms with Gasteiger partial charge in [0.1, 0.15) is 11.6 Å². The predicted octanol–water partition coefficient (Wildman–Crippen LogP) is 6.53. The first-order valence-corrected chi connectivity index (χ1v) is 13.2. The smallest absolute Gasteiger partial charge is 0.262 e. The number of benzene rings is 2. The molecule has 2 atom stereocenters. The number of aromatic nitrogens is 3. The predicted molar refractivity (Wildman–Crippen MR) is 139 cm³/mol. The fourth-order valence-electron chi connectivity index (χ4n) is 6.20. The number of methoxy groups -OCH3 is 1. The van der Waals surface area contributed by atoms with Gasteiger partial charge >= 0.3 is 0 Å². The van der Waals surface area contributed by atoms with Gasteiger partial charge in [-0.15, -0.1) is 0 Å². The second kappa shape index (κ2) is 9.82. The Labute approximate surface area is 223 Å². The molecule has 2 aliphatic rings. The number of carbonyl (C=O) groups excluding carboxylic acids is 1. The topological polar surface area (TPSA) is 73.4 Å². The lowest BCUT2D eigenvalue weighted by atomic mass is 9.92. The van der Waals surface area contributed by atoms with E-state index in [0.717, 1.165) is 60.2 Å². The van der Waals surface area contributed by atoms with Crippen LogP contribution in [0.5, 0.6) is 0 Å². The van der Waals surface area contributed by atoms with Crippen molar-refractivity contribution in [2.24, 2.45) is 0 Å². The number of alkyl halides is 1. The maximum atomic E-state index is 15.0. The van der Waals surface area contributed by atoms with Gasteiger partial charge in [0.25, 0.3) is 5.91 Å². The molecule has 0 bridgehead atoms. The standard InChI is InChI=1S/C29H29F3N4O3/c1-15-27(16(2)39-34-15)17-4-11-25-24(12-17)33-28(35(25)18-5-8-20(38-3)9-6-18)26-14-23(32)29(37)36(26)19-7-10-21(30)22(31)13-19/h4,7,10-13,18,20,23,26H,5-6,8-9,14H2,1-3H3/t18?,20?,23-,26-/m0/s1. The van der Waals surface area contributed by atoms with Crippen LogP contribution in [0.25, 0.3) is 22.2 Å². The first-order chi connectivity index (χ1) is 18.8. The monoisotopic (exact) mass is 538 g/mol. The average molecular weight is 539 g/mol. The zero-order valence-electron chi connectivity index (χ0n) is 22.0. The lowest BCUT2D eigenvalue weighted by Gasteiger charge is -2.32. The number of aryl methyl sites for hydroxylation is 2. The molecule has 204 valence electrons. The van der Waals surface area contributed by atoms with Crippen LogP contribution in [0.3, 0.4) is 0 Å². The normalized spacial score (nSPS) is 23.7. The molecule has 0 unspecified atom stereocenters. The molecule has 4 aromatic rings. The largest absolute Gasteiger partial charge is 0.381 e. The van der Waals surface area contributed by atoms with E-state index in [9.17, 15) is 13.6 Å². The lowest BCUT2D eigenvalue weighted by molar-refractivity contribution is -0.121. The van der Waals surface area contributed by atoms with Crippen molar-refractivity contribution in [3.8, 4) is 11.1 Å². The van der Waals surface area contributed by atoms with Gasteiger partial charge in [-0.1, -0.05) is 11.2 Å². The number of carbonyl (C=O) groups is 1. The fourth-order valence-corrected chi connectivity index (χ4v) is 6.20. The number of hydrogen-bond donors (Lipinski definition) is 0. The third-order valence-electron chi connectivity index (χ3n) is 8.11. The minimum absolute atomic E-state index is 0.0573. The van der Waals surface area contributed by atoms with Crippen molar-refractivity contribution in [1.82, 2.24) is 14.7 Å². The molecule has 7 nitrogen and oxygen atoms in total. The SMILES string of the molecule is COC1CCC(n2c([C@@H]3C[C@H](F)C(=O)N3c3ccc(F)c(F)c3)nc3cc(-c4c(C)noc4C)ccc32)CC1. The van der Waals surface area contributed by atoms with Gasteiger partial charge in [-0.2, -0.15) is 0 Å². The number of ether oxygens (including phenoxy) is 1. The number of imidazole rings is 1. The van der Waals surface area contributed by atoms with E-state index in [-0.39, 0.29) is 24.3 Å². The molecule has 6 rings (SSSR count). The molecule has 1 saturated carbocycles. The highest BCUT2D eigenvalue weighted by Gasteiger charge is 2.45. The Morgan fingerprint density at radius 1 is 1.03 bits per heavy atom. The highest BCUT2D eigenvalue weighted by molar-refractivity contribution is 5.99. The molecule has 2 aromatic heterocycles. The van der Waals surface area contributed by atoms with Crippen LogP contribution in [-0.4, -0.2) is 40.0 Å². The summed E-state index contributed by atoms with van der Waals surface area (Å²) in [5.41, 5.74) is 4.19. The molecule has 39 heavy (non-hydrogen) atoms. The fraction of sp³-hybridized carbons (Fsp3) is 0.414. The van der Waals surface area contributed by atoms with Crippen molar-refractivity contribution < 1.29 is 27.2 Å². The Bertz CT molecular complexity index is 1540. The van der Waals surface area contributed by atoms with Gasteiger partial charge in [0.15, 0.2) is 17.8 Å². The summed E-state index contributed by atoms with van der Waals surface area (Å²) in [5, 5.41) is 4.06. The summed E-state index contributed by atoms with van der Waals surface area (Å²) in [4.78, 5) is 19.2. The van der Waals surface area contributed by atoms with Crippen molar-refractivity contribution in [1.29, 1.82) is 0 Å². The van der Waals surface area contributed by atoms with E-state index < -0.39 is 29.8 Å². The molecule has 3 heterocycles. The summed E-state index contributed by atoms with van der Waals surface area (Å²) in [6, 6.07) is 8.39. The van der Waals surface area contributed by atoms with Crippen molar-refractivity contribution in [3.05, 3.63) is 65.3 Å². The van der Waals surface area contributed by atoms with Crippen LogP contribution in [0, 0.1) is 25.5 Å². The van der Waals surface area contributed by atoms with Crippen molar-refractivity contribution in [2.45, 2.75) is 70.3 Å². The Balaban J connectivity index is 1.50. The van der Waals surface area contributed by atoms with Gasteiger partial charge in [0.05, 0.1) is 28.9 Å². The number of nitrogens with zero attached hydrogens (tertiary/aromatic N) is 4. The van der Waals surface area contributed by atoms with Crippen LogP contribution in [0.1, 0.15) is 61.5 Å². The maximum Gasteiger partial charge on any atom is 0.262 e. The number of hydrogen-bond acceptors (Lipinski definition) is 5. The van der Waals surface area contributed by atoms with Crippen LogP contribution in [0.2, 0.25) is 0 Å². The Morgan fingerprint density at radius 2 is 1.79 bits per heavy atom. The summed E-state index contributed by atoms with van der Waals surface area (Å²) in [6.45, 7) is 3.72. The van der Waals surface area contributed by atoms with E-state index in [0.29, 0.717) is 17.1 Å². The number of amides is 1. The number of fused-ring (bicyclic) bond motifs is 1. The molecular weight excluding hydrogens is 509 g/mol. The molecular formula is C29H29F3N4O3. The minimum atomic E-state index is -1.78. The van der Waals surface area contributed by atoms with E-state index in [1.807, 2.05) is 32.0 Å². The van der Waals surface area contributed by atoms with Crippen LogP contribution >= 0.6 is 0 Å². The minimum Gasteiger partial charge on any atom is -0.381 e. The second-order valence-electron chi connectivity index (χ2n) is 10.4. The second-order valence-corrected chi connectivity index (χ2v) is 10.4. The highest BCUT2D eigenvalue weighted by Crippen LogP contribution is 2.43. The van der Waals surface area contributed by atoms with E-state index >= 15 is 4.39 Å². The molecule has 10 heteroatoms. The molecule has 2 fully saturated rings. The Kier molecular flexibility index (Phi) is 6.45. The van der Waals surface area contributed by atoms with Gasteiger partial charge in [0, 0.05) is 36.9 Å². The Hall–Kier alpha value is -3.66. The zero-order valence-corrected chi connectivity index (χ0v) is 22.0. The van der Waals surface area contributed by atoms with Gasteiger partial charge in [-0.25, -0.2) is 18.2 Å². The van der Waals surface area contributed by atoms with Gasteiger partial charge < -0.3 is 13.8 Å². The first kappa shape index (κ1) is 25.6. The van der Waals surface area contributed by atoms with Crippen LogP contribution in [0.4, 0.5) is 18.9 Å². The molecule has 1 aliphatic heterocycles. The van der Waals surface area contributed by atoms with E-state index in [2.05, 4.69) is 9.72 Å². The third-order valence-corrected chi connectivity index (χ3v) is 8.11. The number of anilines is 1. The van der Waals surface area contributed by atoms with E-state index in [1.54, 1.807) is 7.11 Å². The average Bonchev–Trinajstić information content (AvgIpc) is 3.57. The highest BCUT2D eigenvalue weighted by atomic mass is 19.2. The first-order valence-electron chi connectivity index (χ1n) is 13.2. The molecule has 1 saturated heterocycles. The summed E-state index contributed by atoms with van der Waals surface area (Å²) in [7, 11) is 1.71. The van der Waals surface area contributed by atoms with Crippen molar-refractivity contribution in [3.63, 3.8) is 0 Å². The van der Waals surface area contributed by atoms with Crippen LogP contribution in [-0.2, 0) is 9.53 Å². The number of rotatable bonds is 5. The molecule has 1 aliphatic carbocycles. The van der Waals surface area contributed by atoms with Gasteiger partial charge in [0.2, 0.25) is 0 Å². The molecule has 0 radical (unpaired) electrons. The van der Waals surface area contributed by atoms with E-state index in [1.165, 1.54) is 11.0 Å². The summed E-state index contributed by atoms with van der Waals surface area (Å²) in [5.74, 6) is -1.70. The van der Waals surface area contributed by atoms with Crippen LogP contribution < -0.4 is 4.90 Å². The van der Waals surface area contributed by atoms with Crippen LogP contribution in [0.15, 0.2) is 40.9 Å². The molecule has 2 aromatic carbocycles. The molecule has 1 amide bonds. The van der Waals surface area contributed by atoms with Gasteiger partial charge in [-0.3, -0.25) is 9.69 Å². The van der Waals surface area contributed by atoms with Gasteiger partial charge in [-0.05, 0) is 69.4 Å². The summed E-state index contributed by atoms with van der Waals surface area (Å²) >= 11 is 0. The Morgan fingerprint density at radius 3 is 2.46 bits per heavy atom. The summed E-state index contributed by atoms with van der Waals surface area (Å²) < 4.78 is 55.9. The van der Waals surface area contributed by atoms with E-state index in [4.69, 9.17) is 14.2 Å². The van der Waals surface area contributed by atoms with Crippen molar-refractivity contribution >= 4 is 22.6 Å². The lowest BCUT2D eigenvalue weighted by Crippen LogP contribution is -2.32. The molecule has 0 N–H and O–H groups in total. The zero-order chi connectivity index (χ0) is 27.4. The summed E-state index contributed by atoms with van der Waals surface area (Å²) in [6.07, 6.45) is 1.64.